The number of aromatic nitrogens is 2. The van der Waals surface area contributed by atoms with Crippen molar-refractivity contribution in [3.8, 4) is 5.88 Å². The molecule has 0 aliphatic heterocycles. The summed E-state index contributed by atoms with van der Waals surface area (Å²) in [6, 6.07) is 6.24. The number of anilines is 1. The van der Waals surface area contributed by atoms with Crippen LogP contribution < -0.4 is 10.1 Å². The summed E-state index contributed by atoms with van der Waals surface area (Å²) in [6.07, 6.45) is 0.986. The fourth-order valence-corrected chi connectivity index (χ4v) is 2.59. The highest BCUT2D eigenvalue weighted by atomic mass is 32.1. The third-order valence-corrected chi connectivity index (χ3v) is 3.62. The largest absolute Gasteiger partial charge is 0.481 e. The zero-order valence-electron chi connectivity index (χ0n) is 10.8. The van der Waals surface area contributed by atoms with Gasteiger partial charge in [0.05, 0.1) is 13.2 Å². The molecular weight excluding hydrogens is 246 g/mol. The molecule has 2 aromatic rings. The molecule has 0 amide bonds. The number of hydrogen-bond acceptors (Lipinski definition) is 5. The molecule has 2 heterocycles. The SMILES string of the molecule is CCC(Nc1nc(C)cc(OC)n1)c1cccs1. The predicted octanol–water partition coefficient (Wildman–Crippen LogP) is 3.42. The molecular formula is C13H17N3OS. The van der Waals surface area contributed by atoms with Gasteiger partial charge in [0.15, 0.2) is 0 Å². The molecule has 0 radical (unpaired) electrons. The van der Waals surface area contributed by atoms with Crippen molar-refractivity contribution < 1.29 is 4.74 Å². The lowest BCUT2D eigenvalue weighted by molar-refractivity contribution is 0.397. The van der Waals surface area contributed by atoms with Crippen molar-refractivity contribution in [3.63, 3.8) is 0 Å². The average Bonchev–Trinajstić information content (AvgIpc) is 2.89. The van der Waals surface area contributed by atoms with Crippen molar-refractivity contribution in [3.05, 3.63) is 34.2 Å². The van der Waals surface area contributed by atoms with E-state index in [0.29, 0.717) is 11.8 Å². The maximum absolute atomic E-state index is 5.15. The standard InChI is InChI=1S/C13H17N3OS/c1-4-10(11-6-5-7-18-11)15-13-14-9(2)8-12(16-13)17-3/h5-8,10H,4H2,1-3H3,(H,14,15,16). The van der Waals surface area contributed by atoms with E-state index in [4.69, 9.17) is 4.74 Å². The van der Waals surface area contributed by atoms with Crippen molar-refractivity contribution in [1.29, 1.82) is 0 Å². The van der Waals surface area contributed by atoms with Crippen LogP contribution in [0, 0.1) is 6.92 Å². The van der Waals surface area contributed by atoms with E-state index in [2.05, 4.69) is 39.7 Å². The molecule has 1 N–H and O–H groups in total. The van der Waals surface area contributed by atoms with Crippen molar-refractivity contribution in [1.82, 2.24) is 9.97 Å². The fraction of sp³-hybridized carbons (Fsp3) is 0.385. The Labute approximate surface area is 111 Å². The molecule has 1 unspecified atom stereocenters. The molecule has 0 aromatic carbocycles. The van der Waals surface area contributed by atoms with Crippen LogP contribution in [-0.2, 0) is 0 Å². The second-order valence-electron chi connectivity index (χ2n) is 4.00. The van der Waals surface area contributed by atoms with Gasteiger partial charge in [-0.3, -0.25) is 0 Å². The van der Waals surface area contributed by atoms with E-state index in [-0.39, 0.29) is 6.04 Å². The smallest absolute Gasteiger partial charge is 0.226 e. The molecule has 0 saturated heterocycles. The summed E-state index contributed by atoms with van der Waals surface area (Å²) in [7, 11) is 1.61. The van der Waals surface area contributed by atoms with Gasteiger partial charge < -0.3 is 10.1 Å². The maximum Gasteiger partial charge on any atom is 0.226 e. The van der Waals surface area contributed by atoms with Gasteiger partial charge in [0.25, 0.3) is 0 Å². The number of rotatable bonds is 5. The summed E-state index contributed by atoms with van der Waals surface area (Å²) in [5.74, 6) is 1.21. The number of thiophene rings is 1. The van der Waals surface area contributed by atoms with Gasteiger partial charge in [0.1, 0.15) is 0 Å². The van der Waals surface area contributed by atoms with Crippen molar-refractivity contribution in [2.75, 3.05) is 12.4 Å². The van der Waals surface area contributed by atoms with Gasteiger partial charge in [-0.05, 0) is 24.8 Å². The highest BCUT2D eigenvalue weighted by molar-refractivity contribution is 7.10. The molecule has 0 aliphatic carbocycles. The van der Waals surface area contributed by atoms with Crippen LogP contribution in [0.5, 0.6) is 5.88 Å². The van der Waals surface area contributed by atoms with Gasteiger partial charge in [0.2, 0.25) is 11.8 Å². The molecule has 1 atom stereocenters. The molecule has 4 nitrogen and oxygen atoms in total. The number of ether oxygens (including phenoxy) is 1. The molecule has 2 aromatic heterocycles. The third-order valence-electron chi connectivity index (χ3n) is 2.64. The van der Waals surface area contributed by atoms with Gasteiger partial charge in [-0.25, -0.2) is 4.98 Å². The summed E-state index contributed by atoms with van der Waals surface area (Å²) in [4.78, 5) is 9.98. The number of nitrogens with one attached hydrogen (secondary N) is 1. The van der Waals surface area contributed by atoms with E-state index in [9.17, 15) is 0 Å². The first-order valence-electron chi connectivity index (χ1n) is 5.92. The number of methoxy groups -OCH3 is 1. The van der Waals surface area contributed by atoms with Crippen LogP contribution in [0.3, 0.4) is 0 Å². The fourth-order valence-electron chi connectivity index (χ4n) is 1.73. The van der Waals surface area contributed by atoms with Crippen LogP contribution in [-0.4, -0.2) is 17.1 Å². The topological polar surface area (TPSA) is 47.0 Å². The highest BCUT2D eigenvalue weighted by Gasteiger charge is 2.12. The lowest BCUT2D eigenvalue weighted by Crippen LogP contribution is -2.11. The summed E-state index contributed by atoms with van der Waals surface area (Å²) >= 11 is 1.74. The Morgan fingerprint density at radius 2 is 2.28 bits per heavy atom. The Hall–Kier alpha value is -1.62. The normalized spacial score (nSPS) is 12.2. The molecule has 5 heteroatoms. The van der Waals surface area contributed by atoms with Gasteiger partial charge >= 0.3 is 0 Å². The van der Waals surface area contributed by atoms with Crippen LogP contribution in [0.1, 0.15) is 30.0 Å². The minimum atomic E-state index is 0.247. The molecule has 0 spiro atoms. The summed E-state index contributed by atoms with van der Waals surface area (Å²) in [5.41, 5.74) is 0.894. The van der Waals surface area contributed by atoms with E-state index in [1.54, 1.807) is 18.4 Å². The summed E-state index contributed by atoms with van der Waals surface area (Å²) in [6.45, 7) is 4.08. The van der Waals surface area contributed by atoms with Crippen LogP contribution in [0.25, 0.3) is 0 Å². The second kappa shape index (κ2) is 5.82. The van der Waals surface area contributed by atoms with Gasteiger partial charge in [-0.15, -0.1) is 11.3 Å². The average molecular weight is 263 g/mol. The van der Waals surface area contributed by atoms with Crippen molar-refractivity contribution in [2.45, 2.75) is 26.3 Å². The highest BCUT2D eigenvalue weighted by Crippen LogP contribution is 2.25. The van der Waals surface area contributed by atoms with E-state index < -0.39 is 0 Å². The number of nitrogens with zero attached hydrogens (tertiary/aromatic N) is 2. The van der Waals surface area contributed by atoms with Crippen LogP contribution in [0.15, 0.2) is 23.6 Å². The maximum atomic E-state index is 5.15. The Morgan fingerprint density at radius 3 is 2.89 bits per heavy atom. The van der Waals surface area contributed by atoms with E-state index in [1.807, 2.05) is 13.0 Å². The van der Waals surface area contributed by atoms with Crippen LogP contribution >= 0.6 is 11.3 Å². The van der Waals surface area contributed by atoms with Crippen LogP contribution in [0.4, 0.5) is 5.95 Å². The summed E-state index contributed by atoms with van der Waals surface area (Å²) < 4.78 is 5.15. The number of hydrogen-bond donors (Lipinski definition) is 1. The molecule has 18 heavy (non-hydrogen) atoms. The van der Waals surface area contributed by atoms with Crippen molar-refractivity contribution in [2.24, 2.45) is 0 Å². The van der Waals surface area contributed by atoms with E-state index in [1.165, 1.54) is 4.88 Å². The minimum absolute atomic E-state index is 0.247. The quantitative estimate of drug-likeness (QED) is 0.898. The lowest BCUT2D eigenvalue weighted by atomic mass is 10.2. The zero-order valence-corrected chi connectivity index (χ0v) is 11.6. The van der Waals surface area contributed by atoms with E-state index in [0.717, 1.165) is 12.1 Å². The minimum Gasteiger partial charge on any atom is -0.481 e. The van der Waals surface area contributed by atoms with Gasteiger partial charge in [-0.2, -0.15) is 4.98 Å². The first-order valence-corrected chi connectivity index (χ1v) is 6.80. The van der Waals surface area contributed by atoms with E-state index >= 15 is 0 Å². The number of aryl methyl sites for hydroxylation is 1. The molecule has 0 saturated carbocycles. The molecule has 96 valence electrons. The van der Waals surface area contributed by atoms with Crippen molar-refractivity contribution >= 4 is 17.3 Å². The zero-order chi connectivity index (χ0) is 13.0. The molecule has 2 rings (SSSR count). The predicted molar refractivity (Wildman–Crippen MR) is 74.3 cm³/mol. The Kier molecular flexibility index (Phi) is 4.15. The molecule has 0 fully saturated rings. The monoisotopic (exact) mass is 263 g/mol. The first kappa shape index (κ1) is 12.8. The first-order chi connectivity index (χ1) is 8.72. The Balaban J connectivity index is 2.19. The molecule has 0 bridgehead atoms. The molecule has 0 aliphatic rings. The van der Waals surface area contributed by atoms with Crippen LogP contribution in [0.2, 0.25) is 0 Å². The Morgan fingerprint density at radius 1 is 1.44 bits per heavy atom. The Bertz CT molecular complexity index is 499. The van der Waals surface area contributed by atoms with Gasteiger partial charge in [0, 0.05) is 16.6 Å². The van der Waals surface area contributed by atoms with Gasteiger partial charge in [-0.1, -0.05) is 13.0 Å². The second-order valence-corrected chi connectivity index (χ2v) is 4.98. The third kappa shape index (κ3) is 2.98. The lowest BCUT2D eigenvalue weighted by Gasteiger charge is -2.16. The summed E-state index contributed by atoms with van der Waals surface area (Å²) in [5, 5.41) is 5.44.